The van der Waals surface area contributed by atoms with E-state index in [0.29, 0.717) is 11.1 Å². The van der Waals surface area contributed by atoms with Crippen LogP contribution in [0.5, 0.6) is 5.75 Å². The number of nitrogens with one attached hydrogen (secondary N) is 1. The maximum atomic E-state index is 9.38. The Hall–Kier alpha value is -0.810. The van der Waals surface area contributed by atoms with Crippen LogP contribution in [0.25, 0.3) is 0 Å². The van der Waals surface area contributed by atoms with Crippen LogP contribution in [0.3, 0.4) is 0 Å². The van der Waals surface area contributed by atoms with Gasteiger partial charge in [0.05, 0.1) is 17.7 Å². The van der Waals surface area contributed by atoms with Crippen LogP contribution in [0.15, 0.2) is 18.2 Å². The minimum atomic E-state index is 0.131. The Morgan fingerprint density at radius 1 is 1.45 bits per heavy atom. The largest absolute Gasteiger partial charge is 0.506 e. The second-order valence-electron chi connectivity index (χ2n) is 5.66. The molecule has 0 bridgehead atoms. The van der Waals surface area contributed by atoms with Crippen molar-refractivity contribution < 1.29 is 9.84 Å². The first-order chi connectivity index (χ1) is 9.72. The second-order valence-corrected chi connectivity index (χ2v) is 6.07. The number of benzene rings is 1. The summed E-state index contributed by atoms with van der Waals surface area (Å²) in [7, 11) is 0. The average molecular weight is 297 g/mol. The van der Waals surface area contributed by atoms with E-state index < -0.39 is 0 Å². The minimum Gasteiger partial charge on any atom is -0.506 e. The number of nitrogens with zero attached hydrogens (tertiary/aromatic N) is 1. The van der Waals surface area contributed by atoms with Crippen LogP contribution in [0.1, 0.15) is 18.4 Å². The van der Waals surface area contributed by atoms with E-state index in [-0.39, 0.29) is 11.9 Å². The van der Waals surface area contributed by atoms with Gasteiger partial charge in [-0.05, 0) is 37.1 Å². The maximum absolute atomic E-state index is 9.38. The second kappa shape index (κ2) is 6.31. The lowest BCUT2D eigenvalue weighted by Crippen LogP contribution is -2.49. The Labute approximate surface area is 124 Å². The molecule has 5 heteroatoms. The van der Waals surface area contributed by atoms with Crippen LogP contribution in [0.4, 0.5) is 0 Å². The van der Waals surface area contributed by atoms with Crippen molar-refractivity contribution >= 4 is 11.6 Å². The zero-order valence-electron chi connectivity index (χ0n) is 11.5. The number of rotatable bonds is 4. The molecule has 2 N–H and O–H groups in total. The number of ether oxygens (including phenoxy) is 1. The zero-order valence-corrected chi connectivity index (χ0v) is 12.3. The van der Waals surface area contributed by atoms with Crippen molar-refractivity contribution in [1.82, 2.24) is 10.2 Å². The van der Waals surface area contributed by atoms with Gasteiger partial charge in [0.2, 0.25) is 0 Å². The first-order valence-electron chi connectivity index (χ1n) is 7.26. The molecule has 2 atom stereocenters. The number of morpholine rings is 1. The number of phenolic OH excluding ortho intramolecular Hbond substituents is 1. The molecule has 2 saturated heterocycles. The van der Waals surface area contributed by atoms with Crippen molar-refractivity contribution in [2.24, 2.45) is 0 Å². The molecule has 0 spiro atoms. The van der Waals surface area contributed by atoms with Gasteiger partial charge in [-0.25, -0.2) is 0 Å². The van der Waals surface area contributed by atoms with Crippen molar-refractivity contribution in [1.29, 1.82) is 0 Å². The fraction of sp³-hybridized carbons (Fsp3) is 0.600. The van der Waals surface area contributed by atoms with Gasteiger partial charge in [0.1, 0.15) is 5.75 Å². The number of aromatic hydroxyl groups is 1. The number of hydrogen-bond acceptors (Lipinski definition) is 4. The molecule has 110 valence electrons. The van der Waals surface area contributed by atoms with E-state index in [9.17, 15) is 5.11 Å². The highest BCUT2D eigenvalue weighted by molar-refractivity contribution is 6.32. The van der Waals surface area contributed by atoms with E-state index in [4.69, 9.17) is 16.3 Å². The normalized spacial score (nSPS) is 26.6. The lowest BCUT2D eigenvalue weighted by molar-refractivity contribution is -0.0470. The number of phenols is 1. The van der Waals surface area contributed by atoms with Crippen LogP contribution < -0.4 is 5.32 Å². The topological polar surface area (TPSA) is 44.7 Å². The van der Waals surface area contributed by atoms with Gasteiger partial charge in [0.25, 0.3) is 0 Å². The molecular formula is C15H21ClN2O2. The third kappa shape index (κ3) is 3.26. The lowest BCUT2D eigenvalue weighted by Gasteiger charge is -2.35. The Kier molecular flexibility index (Phi) is 4.46. The fourth-order valence-corrected chi connectivity index (χ4v) is 3.25. The molecule has 2 heterocycles. The SMILES string of the molecule is Oc1ccc(CNCC2CN3CCCC3CO2)cc1Cl. The summed E-state index contributed by atoms with van der Waals surface area (Å²) in [6, 6.07) is 5.96. The summed E-state index contributed by atoms with van der Waals surface area (Å²) < 4.78 is 5.90. The predicted molar refractivity (Wildman–Crippen MR) is 79.2 cm³/mol. The molecular weight excluding hydrogens is 276 g/mol. The monoisotopic (exact) mass is 296 g/mol. The molecule has 2 unspecified atom stereocenters. The third-order valence-electron chi connectivity index (χ3n) is 4.17. The Morgan fingerprint density at radius 3 is 3.20 bits per heavy atom. The fourth-order valence-electron chi connectivity index (χ4n) is 3.05. The van der Waals surface area contributed by atoms with E-state index in [1.165, 1.54) is 19.4 Å². The summed E-state index contributed by atoms with van der Waals surface area (Å²) in [6.45, 7) is 4.72. The van der Waals surface area contributed by atoms with Crippen molar-refractivity contribution in [3.8, 4) is 5.75 Å². The van der Waals surface area contributed by atoms with Gasteiger partial charge < -0.3 is 15.2 Å². The molecule has 1 aromatic rings. The van der Waals surface area contributed by atoms with Crippen LogP contribution in [-0.2, 0) is 11.3 Å². The summed E-state index contributed by atoms with van der Waals surface area (Å²) >= 11 is 5.89. The maximum Gasteiger partial charge on any atom is 0.134 e. The molecule has 1 aromatic carbocycles. The van der Waals surface area contributed by atoms with Crippen LogP contribution in [0, 0.1) is 0 Å². The first-order valence-corrected chi connectivity index (χ1v) is 7.64. The highest BCUT2D eigenvalue weighted by atomic mass is 35.5. The summed E-state index contributed by atoms with van der Waals surface area (Å²) in [5.74, 6) is 0.131. The third-order valence-corrected chi connectivity index (χ3v) is 4.48. The molecule has 3 rings (SSSR count). The van der Waals surface area contributed by atoms with E-state index in [0.717, 1.165) is 31.8 Å². The lowest BCUT2D eigenvalue weighted by atomic mass is 10.2. The predicted octanol–water partition coefficient (Wildman–Crippen LogP) is 2.00. The van der Waals surface area contributed by atoms with E-state index in [2.05, 4.69) is 10.2 Å². The molecule has 0 amide bonds. The Morgan fingerprint density at radius 2 is 2.35 bits per heavy atom. The molecule has 2 aliphatic rings. The van der Waals surface area contributed by atoms with Gasteiger partial charge in [-0.2, -0.15) is 0 Å². The molecule has 20 heavy (non-hydrogen) atoms. The number of hydrogen-bond donors (Lipinski definition) is 2. The molecule has 0 saturated carbocycles. The highest BCUT2D eigenvalue weighted by Crippen LogP contribution is 2.24. The molecule has 0 aromatic heterocycles. The van der Waals surface area contributed by atoms with Crippen molar-refractivity contribution in [3.05, 3.63) is 28.8 Å². The molecule has 0 aliphatic carbocycles. The van der Waals surface area contributed by atoms with Crippen molar-refractivity contribution in [2.75, 3.05) is 26.2 Å². The van der Waals surface area contributed by atoms with Crippen molar-refractivity contribution in [2.45, 2.75) is 31.5 Å². The van der Waals surface area contributed by atoms with Gasteiger partial charge in [-0.1, -0.05) is 17.7 Å². The van der Waals surface area contributed by atoms with Gasteiger partial charge in [-0.3, -0.25) is 4.90 Å². The highest BCUT2D eigenvalue weighted by Gasteiger charge is 2.31. The van der Waals surface area contributed by atoms with Crippen LogP contribution in [0.2, 0.25) is 5.02 Å². The van der Waals surface area contributed by atoms with E-state index >= 15 is 0 Å². The summed E-state index contributed by atoms with van der Waals surface area (Å²) in [6.07, 6.45) is 2.86. The number of halogens is 1. The molecule has 2 fully saturated rings. The first kappa shape index (κ1) is 14.1. The molecule has 4 nitrogen and oxygen atoms in total. The van der Waals surface area contributed by atoms with Crippen molar-refractivity contribution in [3.63, 3.8) is 0 Å². The summed E-state index contributed by atoms with van der Waals surface area (Å²) in [5.41, 5.74) is 1.07. The van der Waals surface area contributed by atoms with Crippen LogP contribution >= 0.6 is 11.6 Å². The number of fused-ring (bicyclic) bond motifs is 1. The minimum absolute atomic E-state index is 0.131. The molecule has 2 aliphatic heterocycles. The van der Waals surface area contributed by atoms with Crippen LogP contribution in [-0.4, -0.2) is 48.4 Å². The Balaban J connectivity index is 1.44. The van der Waals surface area contributed by atoms with Gasteiger partial charge >= 0.3 is 0 Å². The van der Waals surface area contributed by atoms with Gasteiger partial charge in [0, 0.05) is 25.7 Å². The summed E-state index contributed by atoms with van der Waals surface area (Å²) in [4.78, 5) is 2.55. The molecule has 0 radical (unpaired) electrons. The standard InChI is InChI=1S/C15H21ClN2O2/c16-14-6-11(3-4-15(14)19)7-17-8-13-9-18-5-1-2-12(18)10-20-13/h3-4,6,12-13,17,19H,1-2,5,7-10H2. The quantitative estimate of drug-likeness (QED) is 0.892. The average Bonchev–Trinajstić information content (AvgIpc) is 2.90. The van der Waals surface area contributed by atoms with Gasteiger partial charge in [-0.15, -0.1) is 0 Å². The van der Waals surface area contributed by atoms with Gasteiger partial charge in [0.15, 0.2) is 0 Å². The van der Waals surface area contributed by atoms with E-state index in [1.807, 2.05) is 6.07 Å². The zero-order chi connectivity index (χ0) is 13.9. The Bertz CT molecular complexity index is 469. The summed E-state index contributed by atoms with van der Waals surface area (Å²) in [5, 5.41) is 13.2. The van der Waals surface area contributed by atoms with E-state index in [1.54, 1.807) is 12.1 Å². The smallest absolute Gasteiger partial charge is 0.134 e.